The molecule has 108 valence electrons. The average Bonchev–Trinajstić information content (AvgIpc) is 2.69. The summed E-state index contributed by atoms with van der Waals surface area (Å²) < 4.78 is 5.72. The minimum atomic E-state index is 0.134. The molecule has 1 aromatic carbocycles. The zero-order valence-corrected chi connectivity index (χ0v) is 12.0. The molecule has 2 aliphatic rings. The number of nitrogens with zero attached hydrogens (tertiary/aromatic N) is 2. The Morgan fingerprint density at radius 1 is 1.25 bits per heavy atom. The van der Waals surface area contributed by atoms with Crippen LogP contribution in [0.25, 0.3) is 0 Å². The first kappa shape index (κ1) is 13.3. The summed E-state index contributed by atoms with van der Waals surface area (Å²) in [5.74, 6) is 1.43. The van der Waals surface area contributed by atoms with Crippen molar-refractivity contribution in [3.8, 4) is 5.75 Å². The number of ether oxygens (including phenoxy) is 1. The van der Waals surface area contributed by atoms with Gasteiger partial charge in [-0.25, -0.2) is 4.79 Å². The molecule has 4 nitrogen and oxygen atoms in total. The number of rotatable bonds is 0. The second-order valence-electron chi connectivity index (χ2n) is 5.80. The quantitative estimate of drug-likeness (QED) is 0.728. The van der Waals surface area contributed by atoms with Gasteiger partial charge in [0.2, 0.25) is 0 Å². The maximum atomic E-state index is 12.8. The molecule has 2 amide bonds. The standard InChI is InChI=1S/C16H22N2O2/c1-13-6-4-9-17(12-13)16(19)18-10-5-11-20-15-8-3-2-7-14(15)18/h2-3,7-8,13H,4-6,9-12H2,1H3. The van der Waals surface area contributed by atoms with Crippen molar-refractivity contribution in [2.45, 2.75) is 26.2 Å². The van der Waals surface area contributed by atoms with E-state index >= 15 is 0 Å². The summed E-state index contributed by atoms with van der Waals surface area (Å²) in [6.07, 6.45) is 3.21. The Bertz CT molecular complexity index is 489. The molecule has 1 saturated heterocycles. The maximum Gasteiger partial charge on any atom is 0.324 e. The molecule has 0 radical (unpaired) electrons. The Morgan fingerprint density at radius 2 is 2.10 bits per heavy atom. The van der Waals surface area contributed by atoms with Gasteiger partial charge < -0.3 is 9.64 Å². The highest BCUT2D eigenvalue weighted by atomic mass is 16.5. The zero-order chi connectivity index (χ0) is 13.9. The van der Waals surface area contributed by atoms with Gasteiger partial charge in [-0.05, 0) is 37.3 Å². The van der Waals surface area contributed by atoms with E-state index in [0.29, 0.717) is 12.5 Å². The molecular weight excluding hydrogens is 252 g/mol. The highest BCUT2D eigenvalue weighted by Gasteiger charge is 2.28. The molecule has 0 bridgehead atoms. The van der Waals surface area contributed by atoms with Gasteiger partial charge >= 0.3 is 6.03 Å². The van der Waals surface area contributed by atoms with Gasteiger partial charge in [0.25, 0.3) is 0 Å². The lowest BCUT2D eigenvalue weighted by Crippen LogP contribution is -2.47. The zero-order valence-electron chi connectivity index (χ0n) is 12.0. The third kappa shape index (κ3) is 2.60. The van der Waals surface area contributed by atoms with Gasteiger partial charge in [0.05, 0.1) is 12.3 Å². The molecule has 4 heteroatoms. The Balaban J connectivity index is 1.83. The minimum absolute atomic E-state index is 0.134. The summed E-state index contributed by atoms with van der Waals surface area (Å²) in [7, 11) is 0. The van der Waals surface area contributed by atoms with E-state index in [1.165, 1.54) is 6.42 Å². The van der Waals surface area contributed by atoms with E-state index in [1.807, 2.05) is 34.1 Å². The van der Waals surface area contributed by atoms with Gasteiger partial charge in [-0.15, -0.1) is 0 Å². The number of amides is 2. The van der Waals surface area contributed by atoms with E-state index in [-0.39, 0.29) is 6.03 Å². The number of benzene rings is 1. The highest BCUT2D eigenvalue weighted by molar-refractivity contribution is 5.93. The van der Waals surface area contributed by atoms with Crippen LogP contribution in [0.4, 0.5) is 10.5 Å². The summed E-state index contributed by atoms with van der Waals surface area (Å²) >= 11 is 0. The fourth-order valence-corrected chi connectivity index (χ4v) is 3.06. The van der Waals surface area contributed by atoms with Gasteiger partial charge in [-0.1, -0.05) is 19.1 Å². The first-order valence-corrected chi connectivity index (χ1v) is 7.54. The molecule has 1 aromatic rings. The van der Waals surface area contributed by atoms with Crippen LogP contribution in [-0.2, 0) is 0 Å². The van der Waals surface area contributed by atoms with Crippen molar-refractivity contribution < 1.29 is 9.53 Å². The molecule has 0 N–H and O–H groups in total. The summed E-state index contributed by atoms with van der Waals surface area (Å²) in [5, 5.41) is 0. The predicted molar refractivity (Wildman–Crippen MR) is 79.3 cm³/mol. The number of anilines is 1. The Kier molecular flexibility index (Phi) is 3.81. The fraction of sp³-hybridized carbons (Fsp3) is 0.562. The normalized spacial score (nSPS) is 22.8. The van der Waals surface area contributed by atoms with Crippen LogP contribution in [0.1, 0.15) is 26.2 Å². The Hall–Kier alpha value is -1.71. The van der Waals surface area contributed by atoms with Crippen LogP contribution in [0.5, 0.6) is 5.75 Å². The third-order valence-electron chi connectivity index (χ3n) is 4.10. The number of carbonyl (C=O) groups excluding carboxylic acids is 1. The van der Waals surface area contributed by atoms with Gasteiger partial charge in [-0.2, -0.15) is 0 Å². The van der Waals surface area contributed by atoms with Crippen LogP contribution in [0.15, 0.2) is 24.3 Å². The van der Waals surface area contributed by atoms with E-state index in [0.717, 1.165) is 43.9 Å². The van der Waals surface area contributed by atoms with Crippen LogP contribution < -0.4 is 9.64 Å². The number of carbonyl (C=O) groups is 1. The van der Waals surface area contributed by atoms with Gasteiger partial charge in [0.15, 0.2) is 0 Å². The molecule has 2 aliphatic heterocycles. The number of likely N-dealkylation sites (tertiary alicyclic amines) is 1. The number of hydrogen-bond donors (Lipinski definition) is 0. The molecule has 0 aliphatic carbocycles. The molecular formula is C16H22N2O2. The number of fused-ring (bicyclic) bond motifs is 1. The van der Waals surface area contributed by atoms with Crippen LogP contribution in [0.3, 0.4) is 0 Å². The van der Waals surface area contributed by atoms with Crippen molar-refractivity contribution >= 4 is 11.7 Å². The lowest BCUT2D eigenvalue weighted by atomic mass is 10.0. The van der Waals surface area contributed by atoms with E-state index in [2.05, 4.69) is 6.92 Å². The Labute approximate surface area is 120 Å². The largest absolute Gasteiger partial charge is 0.491 e. The summed E-state index contributed by atoms with van der Waals surface area (Å²) in [6, 6.07) is 7.98. The number of para-hydroxylation sites is 2. The lowest BCUT2D eigenvalue weighted by Gasteiger charge is -2.35. The van der Waals surface area contributed by atoms with E-state index in [9.17, 15) is 4.79 Å². The molecule has 0 saturated carbocycles. The SMILES string of the molecule is CC1CCCN(C(=O)N2CCCOc3ccccc32)C1. The highest BCUT2D eigenvalue weighted by Crippen LogP contribution is 2.31. The van der Waals surface area contributed by atoms with E-state index < -0.39 is 0 Å². The van der Waals surface area contributed by atoms with Crippen molar-refractivity contribution in [3.05, 3.63) is 24.3 Å². The number of piperidine rings is 1. The monoisotopic (exact) mass is 274 g/mol. The second-order valence-corrected chi connectivity index (χ2v) is 5.80. The minimum Gasteiger partial charge on any atom is -0.491 e. The summed E-state index contributed by atoms with van der Waals surface area (Å²) in [4.78, 5) is 16.7. The van der Waals surface area contributed by atoms with Crippen LogP contribution in [0.2, 0.25) is 0 Å². The maximum absolute atomic E-state index is 12.8. The number of hydrogen-bond acceptors (Lipinski definition) is 2. The first-order chi connectivity index (χ1) is 9.75. The molecule has 0 aromatic heterocycles. The second kappa shape index (κ2) is 5.73. The molecule has 0 spiro atoms. The van der Waals surface area contributed by atoms with Gasteiger partial charge in [-0.3, -0.25) is 4.90 Å². The molecule has 1 atom stereocenters. The van der Waals surface area contributed by atoms with E-state index in [1.54, 1.807) is 0 Å². The van der Waals surface area contributed by atoms with E-state index in [4.69, 9.17) is 4.74 Å². The molecule has 3 rings (SSSR count). The van der Waals surface area contributed by atoms with Crippen molar-refractivity contribution in [3.63, 3.8) is 0 Å². The van der Waals surface area contributed by atoms with Crippen molar-refractivity contribution in [1.29, 1.82) is 0 Å². The predicted octanol–water partition coefficient (Wildman–Crippen LogP) is 3.13. The van der Waals surface area contributed by atoms with Crippen LogP contribution >= 0.6 is 0 Å². The van der Waals surface area contributed by atoms with Gasteiger partial charge in [0, 0.05) is 19.6 Å². The average molecular weight is 274 g/mol. The molecule has 2 heterocycles. The number of urea groups is 1. The molecule has 1 fully saturated rings. The van der Waals surface area contributed by atoms with Gasteiger partial charge in [0.1, 0.15) is 5.75 Å². The van der Waals surface area contributed by atoms with Crippen LogP contribution in [0, 0.1) is 5.92 Å². The fourth-order valence-electron chi connectivity index (χ4n) is 3.06. The van der Waals surface area contributed by atoms with Crippen molar-refractivity contribution in [2.24, 2.45) is 5.92 Å². The summed E-state index contributed by atoms with van der Waals surface area (Å²) in [6.45, 7) is 5.39. The molecule has 1 unspecified atom stereocenters. The lowest BCUT2D eigenvalue weighted by molar-refractivity contribution is 0.176. The summed E-state index contributed by atoms with van der Waals surface area (Å²) in [5.41, 5.74) is 0.910. The smallest absolute Gasteiger partial charge is 0.324 e. The van der Waals surface area contributed by atoms with Crippen molar-refractivity contribution in [1.82, 2.24) is 4.90 Å². The Morgan fingerprint density at radius 3 is 2.95 bits per heavy atom. The molecule has 20 heavy (non-hydrogen) atoms. The van der Waals surface area contributed by atoms with Crippen molar-refractivity contribution in [2.75, 3.05) is 31.1 Å². The van der Waals surface area contributed by atoms with Crippen LogP contribution in [-0.4, -0.2) is 37.2 Å². The third-order valence-corrected chi connectivity index (χ3v) is 4.10. The first-order valence-electron chi connectivity index (χ1n) is 7.54. The topological polar surface area (TPSA) is 32.8 Å².